The maximum atomic E-state index is 5.58. The van der Waals surface area contributed by atoms with Crippen molar-refractivity contribution in [3.05, 3.63) is 36.8 Å². The fourth-order valence-corrected chi connectivity index (χ4v) is 1.19. The van der Waals surface area contributed by atoms with Crippen molar-refractivity contribution in [2.45, 2.75) is 19.4 Å². The Kier molecular flexibility index (Phi) is 3.77. The molecule has 1 aromatic rings. The van der Waals surface area contributed by atoms with Gasteiger partial charge < -0.3 is 10.5 Å². The van der Waals surface area contributed by atoms with E-state index in [0.29, 0.717) is 6.61 Å². The van der Waals surface area contributed by atoms with Gasteiger partial charge in [0.1, 0.15) is 5.75 Å². The minimum absolute atomic E-state index is 0.0297. The van der Waals surface area contributed by atoms with Crippen LogP contribution in [0.3, 0.4) is 0 Å². The number of ether oxygens (including phenoxy) is 1. The third-order valence-electron chi connectivity index (χ3n) is 1.73. The summed E-state index contributed by atoms with van der Waals surface area (Å²) < 4.78 is 5.32. The Bertz CT molecular complexity index is 241. The van der Waals surface area contributed by atoms with E-state index in [4.69, 9.17) is 10.5 Å². The first-order chi connectivity index (χ1) is 6.22. The van der Waals surface area contributed by atoms with E-state index in [0.717, 1.165) is 12.2 Å². The Balaban J connectivity index is 2.59. The highest BCUT2D eigenvalue weighted by Gasteiger charge is 1.97. The molecule has 2 nitrogen and oxygen atoms in total. The Hall–Kier alpha value is -1.02. The molecule has 2 heteroatoms. The molecule has 0 fully saturated rings. The zero-order valence-corrected chi connectivity index (χ0v) is 7.99. The highest BCUT2D eigenvalue weighted by molar-refractivity contribution is 5.27. The normalized spacial score (nSPS) is 12.5. The van der Waals surface area contributed by atoms with Gasteiger partial charge in [0.25, 0.3) is 0 Å². The molecule has 71 valence electrons. The van der Waals surface area contributed by atoms with Crippen molar-refractivity contribution < 1.29 is 4.74 Å². The molecule has 0 spiro atoms. The van der Waals surface area contributed by atoms with E-state index >= 15 is 0 Å². The lowest BCUT2D eigenvalue weighted by molar-refractivity contribution is 0.340. The summed E-state index contributed by atoms with van der Waals surface area (Å²) >= 11 is 0. The molecule has 0 unspecified atom stereocenters. The number of hydrogen-bond acceptors (Lipinski definition) is 2. The topological polar surface area (TPSA) is 35.2 Å². The molecule has 0 aliphatic heterocycles. The molecule has 1 radical (unpaired) electrons. The van der Waals surface area contributed by atoms with Crippen LogP contribution < -0.4 is 10.5 Å². The van der Waals surface area contributed by atoms with E-state index < -0.39 is 0 Å². The minimum atomic E-state index is -0.0297. The smallest absolute Gasteiger partial charge is 0.119 e. The van der Waals surface area contributed by atoms with E-state index in [1.807, 2.05) is 31.2 Å². The fraction of sp³-hybridized carbons (Fsp3) is 0.364. The van der Waals surface area contributed by atoms with Gasteiger partial charge in [-0.2, -0.15) is 0 Å². The molecule has 0 heterocycles. The van der Waals surface area contributed by atoms with Gasteiger partial charge >= 0.3 is 0 Å². The van der Waals surface area contributed by atoms with Crippen LogP contribution in [0.25, 0.3) is 0 Å². The lowest BCUT2D eigenvalue weighted by Gasteiger charge is -2.06. The number of hydrogen-bond donors (Lipinski definition) is 1. The summed E-state index contributed by atoms with van der Waals surface area (Å²) in [5, 5.41) is 0. The summed E-state index contributed by atoms with van der Waals surface area (Å²) in [6.45, 7) is 6.41. The van der Waals surface area contributed by atoms with Crippen LogP contribution in [0.1, 0.15) is 12.5 Å². The molecule has 0 bridgehead atoms. The van der Waals surface area contributed by atoms with Gasteiger partial charge in [0.15, 0.2) is 0 Å². The summed E-state index contributed by atoms with van der Waals surface area (Å²) in [5.41, 5.74) is 6.78. The van der Waals surface area contributed by atoms with Crippen LogP contribution in [-0.2, 0) is 6.42 Å². The van der Waals surface area contributed by atoms with Crippen LogP contribution in [-0.4, -0.2) is 12.6 Å². The molecule has 0 aromatic heterocycles. The van der Waals surface area contributed by atoms with E-state index in [2.05, 4.69) is 6.92 Å². The maximum Gasteiger partial charge on any atom is 0.119 e. The van der Waals surface area contributed by atoms with Gasteiger partial charge in [0, 0.05) is 6.04 Å². The standard InChI is InChI=1S/C11H16NO/c1-3-13-11-6-4-10(5-7-11)8-9(2)12/h4-7,9H,2-3,8,12H2,1H3/t9-/m1/s1. The second-order valence-electron chi connectivity index (χ2n) is 3.04. The molecule has 1 atom stereocenters. The van der Waals surface area contributed by atoms with Gasteiger partial charge in [-0.05, 0) is 38.0 Å². The van der Waals surface area contributed by atoms with Crippen molar-refractivity contribution >= 4 is 0 Å². The number of rotatable bonds is 4. The second-order valence-corrected chi connectivity index (χ2v) is 3.04. The van der Waals surface area contributed by atoms with Crippen LogP contribution in [0.15, 0.2) is 24.3 Å². The average Bonchev–Trinajstić information content (AvgIpc) is 2.08. The molecule has 0 aliphatic rings. The van der Waals surface area contributed by atoms with Gasteiger partial charge in [0.05, 0.1) is 6.61 Å². The van der Waals surface area contributed by atoms with Gasteiger partial charge in [-0.25, -0.2) is 0 Å². The quantitative estimate of drug-likeness (QED) is 0.763. The second kappa shape index (κ2) is 4.87. The highest BCUT2D eigenvalue weighted by Crippen LogP contribution is 2.12. The zero-order valence-electron chi connectivity index (χ0n) is 7.99. The monoisotopic (exact) mass is 178 g/mol. The van der Waals surface area contributed by atoms with E-state index in [1.54, 1.807) is 0 Å². The molecule has 1 aromatic carbocycles. The summed E-state index contributed by atoms with van der Waals surface area (Å²) in [6, 6.07) is 7.94. The Morgan fingerprint density at radius 2 is 2.00 bits per heavy atom. The zero-order chi connectivity index (χ0) is 9.68. The molecule has 0 aliphatic carbocycles. The lowest BCUT2D eigenvalue weighted by atomic mass is 10.1. The fourth-order valence-electron chi connectivity index (χ4n) is 1.19. The van der Waals surface area contributed by atoms with Crippen LogP contribution in [0.2, 0.25) is 0 Å². The first-order valence-electron chi connectivity index (χ1n) is 4.52. The summed E-state index contributed by atoms with van der Waals surface area (Å²) in [6.07, 6.45) is 0.812. The predicted molar refractivity (Wildman–Crippen MR) is 54.6 cm³/mol. The van der Waals surface area contributed by atoms with Crippen LogP contribution in [0.4, 0.5) is 0 Å². The van der Waals surface area contributed by atoms with Crippen molar-refractivity contribution in [3.63, 3.8) is 0 Å². The lowest BCUT2D eigenvalue weighted by Crippen LogP contribution is -2.18. The predicted octanol–water partition coefficient (Wildman–Crippen LogP) is 1.79. The first kappa shape index (κ1) is 10.1. The molecule has 0 saturated carbocycles. The van der Waals surface area contributed by atoms with E-state index in [-0.39, 0.29) is 6.04 Å². The Labute approximate surface area is 79.7 Å². The molecule has 1 rings (SSSR count). The van der Waals surface area contributed by atoms with Gasteiger partial charge in [-0.1, -0.05) is 12.1 Å². The molecular formula is C11H16NO. The van der Waals surface area contributed by atoms with Crippen molar-refractivity contribution in [1.29, 1.82) is 0 Å². The van der Waals surface area contributed by atoms with Gasteiger partial charge in [-0.15, -0.1) is 0 Å². The van der Waals surface area contributed by atoms with Gasteiger partial charge in [0.2, 0.25) is 0 Å². The van der Waals surface area contributed by atoms with Crippen molar-refractivity contribution in [2.24, 2.45) is 5.73 Å². The largest absolute Gasteiger partial charge is 0.494 e. The third-order valence-corrected chi connectivity index (χ3v) is 1.73. The number of nitrogens with two attached hydrogens (primary N) is 1. The molecule has 0 saturated heterocycles. The van der Waals surface area contributed by atoms with Crippen molar-refractivity contribution in [2.75, 3.05) is 6.61 Å². The number of benzene rings is 1. The Morgan fingerprint density at radius 1 is 1.38 bits per heavy atom. The summed E-state index contributed by atoms with van der Waals surface area (Å²) in [7, 11) is 0. The SMILES string of the molecule is [CH2][C@@H](N)Cc1ccc(OCC)cc1. The maximum absolute atomic E-state index is 5.58. The van der Waals surface area contributed by atoms with E-state index in [9.17, 15) is 0 Å². The van der Waals surface area contributed by atoms with Gasteiger partial charge in [-0.3, -0.25) is 0 Å². The Morgan fingerprint density at radius 3 is 2.46 bits per heavy atom. The molecular weight excluding hydrogens is 162 g/mol. The van der Waals surface area contributed by atoms with Crippen molar-refractivity contribution in [3.8, 4) is 5.75 Å². The van der Waals surface area contributed by atoms with Crippen LogP contribution >= 0.6 is 0 Å². The average molecular weight is 178 g/mol. The third kappa shape index (κ3) is 3.47. The van der Waals surface area contributed by atoms with Crippen LogP contribution in [0, 0.1) is 6.92 Å². The van der Waals surface area contributed by atoms with Crippen LogP contribution in [0.5, 0.6) is 5.75 Å². The highest BCUT2D eigenvalue weighted by atomic mass is 16.5. The minimum Gasteiger partial charge on any atom is -0.494 e. The summed E-state index contributed by atoms with van der Waals surface area (Å²) in [5.74, 6) is 0.906. The molecule has 13 heavy (non-hydrogen) atoms. The molecule has 0 amide bonds. The first-order valence-corrected chi connectivity index (χ1v) is 4.52. The van der Waals surface area contributed by atoms with Crippen molar-refractivity contribution in [1.82, 2.24) is 0 Å². The van der Waals surface area contributed by atoms with E-state index in [1.165, 1.54) is 5.56 Å². The molecule has 2 N–H and O–H groups in total. The summed E-state index contributed by atoms with van der Waals surface area (Å²) in [4.78, 5) is 0.